The van der Waals surface area contributed by atoms with Gasteiger partial charge in [0, 0.05) is 25.7 Å². The number of furan rings is 1. The Morgan fingerprint density at radius 2 is 2.21 bits per heavy atom. The van der Waals surface area contributed by atoms with Gasteiger partial charge in [-0.3, -0.25) is 19.1 Å². The van der Waals surface area contributed by atoms with E-state index >= 15 is 0 Å². The summed E-state index contributed by atoms with van der Waals surface area (Å²) in [5, 5.41) is 6.55. The molecule has 28 heavy (non-hydrogen) atoms. The lowest BCUT2D eigenvalue weighted by Crippen LogP contribution is -2.35. The van der Waals surface area contributed by atoms with E-state index in [4.69, 9.17) is 8.94 Å². The summed E-state index contributed by atoms with van der Waals surface area (Å²) in [6.45, 7) is 2.25. The highest BCUT2D eigenvalue weighted by atomic mass is 16.5. The van der Waals surface area contributed by atoms with Crippen LogP contribution in [0.15, 0.2) is 44.7 Å². The van der Waals surface area contributed by atoms with Gasteiger partial charge in [0.25, 0.3) is 11.4 Å². The predicted octanol–water partition coefficient (Wildman–Crippen LogP) is 1.00. The van der Waals surface area contributed by atoms with Crippen LogP contribution in [0, 0.1) is 6.92 Å². The number of amides is 1. The molecule has 1 amide bonds. The Morgan fingerprint density at radius 1 is 1.39 bits per heavy atom. The number of hydrogen-bond acceptors (Lipinski definition) is 8. The predicted molar refractivity (Wildman–Crippen MR) is 99.3 cm³/mol. The largest absolute Gasteiger partial charge is 0.468 e. The van der Waals surface area contributed by atoms with Crippen LogP contribution in [-0.2, 0) is 11.3 Å². The zero-order chi connectivity index (χ0) is 20.1. The van der Waals surface area contributed by atoms with Gasteiger partial charge in [0.05, 0.1) is 18.6 Å². The van der Waals surface area contributed by atoms with Gasteiger partial charge in [-0.05, 0) is 33.2 Å². The van der Waals surface area contributed by atoms with Gasteiger partial charge in [0.15, 0.2) is 5.82 Å². The topological polar surface area (TPSA) is 119 Å². The van der Waals surface area contributed by atoms with Crippen LogP contribution in [0.5, 0.6) is 0 Å². The number of rotatable bonds is 8. The van der Waals surface area contributed by atoms with Gasteiger partial charge in [-0.1, -0.05) is 5.16 Å². The summed E-state index contributed by atoms with van der Waals surface area (Å²) in [6, 6.07) is 3.60. The summed E-state index contributed by atoms with van der Waals surface area (Å²) in [5.74, 6) is 1.13. The number of aryl methyl sites for hydroxylation is 2. The second-order valence-corrected chi connectivity index (χ2v) is 6.50. The minimum Gasteiger partial charge on any atom is -0.468 e. The molecule has 0 aliphatic carbocycles. The van der Waals surface area contributed by atoms with Gasteiger partial charge >= 0.3 is 0 Å². The first kappa shape index (κ1) is 19.5. The van der Waals surface area contributed by atoms with Gasteiger partial charge in [-0.2, -0.15) is 4.98 Å². The lowest BCUT2D eigenvalue weighted by molar-refractivity contribution is -0.121. The maximum atomic E-state index is 12.5. The average Bonchev–Trinajstić information content (AvgIpc) is 3.33. The van der Waals surface area contributed by atoms with Gasteiger partial charge in [-0.15, -0.1) is 0 Å². The van der Waals surface area contributed by atoms with E-state index in [-0.39, 0.29) is 41.9 Å². The Labute approximate surface area is 161 Å². The number of nitrogens with zero attached hydrogens (tertiary/aromatic N) is 5. The normalized spacial score (nSPS) is 12.3. The smallest absolute Gasteiger partial charge is 0.266 e. The van der Waals surface area contributed by atoms with Crippen molar-refractivity contribution in [2.75, 3.05) is 20.6 Å². The van der Waals surface area contributed by atoms with Gasteiger partial charge in [0.1, 0.15) is 11.3 Å². The SMILES string of the molecule is Cc1noc(-c2cncn(CCC(=O)NCC(c3ccco3)N(C)C)c2=O)n1. The van der Waals surface area contributed by atoms with Crippen LogP contribution in [0.1, 0.15) is 24.0 Å². The van der Waals surface area contributed by atoms with Gasteiger partial charge in [-0.25, -0.2) is 4.98 Å². The Morgan fingerprint density at radius 3 is 2.86 bits per heavy atom. The van der Waals surface area contributed by atoms with Crippen molar-refractivity contribution in [2.45, 2.75) is 25.9 Å². The molecule has 1 unspecified atom stereocenters. The molecule has 10 nitrogen and oxygen atoms in total. The summed E-state index contributed by atoms with van der Waals surface area (Å²) in [5.41, 5.74) is -0.137. The molecular weight excluding hydrogens is 364 g/mol. The highest BCUT2D eigenvalue weighted by molar-refractivity contribution is 5.75. The van der Waals surface area contributed by atoms with Crippen LogP contribution in [0.25, 0.3) is 11.5 Å². The first-order valence-electron chi connectivity index (χ1n) is 8.77. The second-order valence-electron chi connectivity index (χ2n) is 6.50. The first-order valence-corrected chi connectivity index (χ1v) is 8.77. The van der Waals surface area contributed by atoms with Crippen molar-refractivity contribution in [2.24, 2.45) is 0 Å². The minimum absolute atomic E-state index is 0.0765. The zero-order valence-corrected chi connectivity index (χ0v) is 16.0. The molecule has 148 valence electrons. The molecule has 0 saturated carbocycles. The molecule has 3 rings (SSSR count). The van der Waals surface area contributed by atoms with Crippen LogP contribution in [0.3, 0.4) is 0 Å². The first-order chi connectivity index (χ1) is 13.5. The van der Waals surface area contributed by atoms with E-state index in [0.717, 1.165) is 5.76 Å². The van der Waals surface area contributed by atoms with E-state index in [1.54, 1.807) is 13.2 Å². The molecular formula is C18H22N6O4. The van der Waals surface area contributed by atoms with E-state index in [0.29, 0.717) is 12.4 Å². The molecule has 0 aromatic carbocycles. The maximum absolute atomic E-state index is 12.5. The van der Waals surface area contributed by atoms with Crippen molar-refractivity contribution in [3.63, 3.8) is 0 Å². The Kier molecular flexibility index (Phi) is 5.99. The van der Waals surface area contributed by atoms with Crippen molar-refractivity contribution in [3.05, 3.63) is 52.9 Å². The van der Waals surface area contributed by atoms with Crippen LogP contribution in [0.2, 0.25) is 0 Å². The van der Waals surface area contributed by atoms with Gasteiger partial charge < -0.3 is 14.3 Å². The lowest BCUT2D eigenvalue weighted by atomic mass is 10.2. The van der Waals surface area contributed by atoms with Gasteiger partial charge in [0.2, 0.25) is 5.91 Å². The molecule has 3 aromatic heterocycles. The fourth-order valence-corrected chi connectivity index (χ4v) is 2.70. The van der Waals surface area contributed by atoms with E-state index in [1.165, 1.54) is 17.1 Å². The molecule has 0 aliphatic rings. The Balaban J connectivity index is 1.60. The van der Waals surface area contributed by atoms with Crippen molar-refractivity contribution in [1.29, 1.82) is 0 Å². The van der Waals surface area contributed by atoms with Crippen molar-refractivity contribution in [1.82, 2.24) is 29.9 Å². The molecule has 1 atom stereocenters. The van der Waals surface area contributed by atoms with E-state index in [9.17, 15) is 9.59 Å². The second kappa shape index (κ2) is 8.61. The fourth-order valence-electron chi connectivity index (χ4n) is 2.70. The van der Waals surface area contributed by atoms with Crippen molar-refractivity contribution < 1.29 is 13.7 Å². The van der Waals surface area contributed by atoms with Crippen molar-refractivity contribution >= 4 is 5.91 Å². The molecule has 0 spiro atoms. The average molecular weight is 386 g/mol. The molecule has 0 bridgehead atoms. The molecule has 0 fully saturated rings. The number of carbonyl (C=O) groups excluding carboxylic acids is 1. The van der Waals surface area contributed by atoms with Crippen molar-refractivity contribution in [3.8, 4) is 11.5 Å². The summed E-state index contributed by atoms with van der Waals surface area (Å²) in [6.07, 6.45) is 4.49. The summed E-state index contributed by atoms with van der Waals surface area (Å²) >= 11 is 0. The van der Waals surface area contributed by atoms with Crippen LogP contribution in [0.4, 0.5) is 0 Å². The minimum atomic E-state index is -0.340. The fraction of sp³-hybridized carbons (Fsp3) is 0.389. The summed E-state index contributed by atoms with van der Waals surface area (Å²) in [4.78, 5) is 34.8. The number of hydrogen-bond donors (Lipinski definition) is 1. The Hall–Kier alpha value is -3.27. The molecule has 10 heteroatoms. The number of nitrogens with one attached hydrogen (secondary N) is 1. The highest BCUT2D eigenvalue weighted by Gasteiger charge is 2.18. The summed E-state index contributed by atoms with van der Waals surface area (Å²) in [7, 11) is 3.82. The molecule has 0 saturated heterocycles. The molecule has 1 N–H and O–H groups in total. The Bertz CT molecular complexity index is 976. The highest BCUT2D eigenvalue weighted by Crippen LogP contribution is 2.17. The van der Waals surface area contributed by atoms with Crippen LogP contribution >= 0.6 is 0 Å². The van der Waals surface area contributed by atoms with Crippen LogP contribution in [-0.4, -0.2) is 51.1 Å². The molecule has 3 heterocycles. The third-order valence-electron chi connectivity index (χ3n) is 4.23. The number of carbonyl (C=O) groups is 1. The third-order valence-corrected chi connectivity index (χ3v) is 4.23. The quantitative estimate of drug-likeness (QED) is 0.609. The molecule has 3 aromatic rings. The molecule has 0 radical (unpaired) electrons. The standard InChI is InChI=1S/C18H22N6O4/c1-12-21-17(28-22-12)13-9-19-11-24(18(13)26)7-6-16(25)20-10-14(23(2)3)15-5-4-8-27-15/h4-5,8-9,11,14H,6-7,10H2,1-3H3,(H,20,25). The zero-order valence-electron chi connectivity index (χ0n) is 16.0. The van der Waals surface area contributed by atoms with E-state index < -0.39 is 0 Å². The molecule has 0 aliphatic heterocycles. The third kappa shape index (κ3) is 4.52. The maximum Gasteiger partial charge on any atom is 0.266 e. The summed E-state index contributed by atoms with van der Waals surface area (Å²) < 4.78 is 11.8. The number of likely N-dealkylation sites (N-methyl/N-ethyl adjacent to an activating group) is 1. The number of aromatic nitrogens is 4. The monoisotopic (exact) mass is 386 g/mol. The van der Waals surface area contributed by atoms with E-state index in [2.05, 4.69) is 20.4 Å². The lowest BCUT2D eigenvalue weighted by Gasteiger charge is -2.22. The van der Waals surface area contributed by atoms with Crippen LogP contribution < -0.4 is 10.9 Å². The van der Waals surface area contributed by atoms with E-state index in [1.807, 2.05) is 31.1 Å².